The van der Waals surface area contributed by atoms with Gasteiger partial charge in [0, 0.05) is 36.4 Å². The minimum absolute atomic E-state index is 0.172. The summed E-state index contributed by atoms with van der Waals surface area (Å²) >= 11 is 6.55. The van der Waals surface area contributed by atoms with Crippen molar-refractivity contribution in [3.05, 3.63) is 106 Å². The van der Waals surface area contributed by atoms with E-state index >= 15 is 0 Å². The summed E-state index contributed by atoms with van der Waals surface area (Å²) in [6.45, 7) is 5.31. The first-order valence-corrected chi connectivity index (χ1v) is 10.9. The van der Waals surface area contributed by atoms with Gasteiger partial charge in [-0.05, 0) is 54.3 Å². The summed E-state index contributed by atoms with van der Waals surface area (Å²) < 4.78 is 0. The summed E-state index contributed by atoms with van der Waals surface area (Å²) in [6.07, 6.45) is 3.49. The van der Waals surface area contributed by atoms with Gasteiger partial charge in [0.2, 0.25) is 0 Å². The van der Waals surface area contributed by atoms with E-state index < -0.39 is 0 Å². The molecule has 0 aliphatic carbocycles. The number of carbonyl (C=O) groups excluding carboxylic acids is 1. The average Bonchev–Trinajstić information content (AvgIpc) is 2.79. The molecule has 1 N–H and O–H groups in total. The lowest BCUT2D eigenvalue weighted by atomic mass is 10.0. The number of urea groups is 1. The third-order valence-corrected chi connectivity index (χ3v) is 5.67. The number of nitrogens with zero attached hydrogens (tertiary/aromatic N) is 3. The molecule has 0 radical (unpaired) electrons. The van der Waals surface area contributed by atoms with Crippen molar-refractivity contribution >= 4 is 28.5 Å². The van der Waals surface area contributed by atoms with Crippen molar-refractivity contribution in [2.75, 3.05) is 0 Å². The second-order valence-electron chi connectivity index (χ2n) is 7.95. The van der Waals surface area contributed by atoms with E-state index in [1.807, 2.05) is 61.5 Å². The van der Waals surface area contributed by atoms with Crippen LogP contribution in [0.4, 0.5) is 4.79 Å². The maximum atomic E-state index is 13.1. The molecule has 4 aromatic rings. The van der Waals surface area contributed by atoms with Crippen molar-refractivity contribution < 1.29 is 4.79 Å². The molecule has 0 bridgehead atoms. The van der Waals surface area contributed by atoms with E-state index in [4.69, 9.17) is 11.6 Å². The first-order valence-electron chi connectivity index (χ1n) is 10.5. The number of rotatable bonds is 6. The fraction of sp³-hybridized carbons (Fsp3) is 0.192. The highest BCUT2D eigenvalue weighted by Crippen LogP contribution is 2.26. The van der Waals surface area contributed by atoms with Crippen LogP contribution in [0.15, 0.2) is 73.1 Å². The zero-order valence-corrected chi connectivity index (χ0v) is 18.9. The standard InChI is InChI=1S/C26H25ClN4O/c1-18-11-19(2)23-13-22(25(27)30-24(23)12-18)17-31(16-21-9-6-10-28-14-21)26(32)29-15-20-7-4-3-5-8-20/h3-14H,15-17H2,1-2H3,(H,29,32). The Hall–Kier alpha value is -3.44. The van der Waals surface area contributed by atoms with Crippen molar-refractivity contribution in [3.63, 3.8) is 0 Å². The van der Waals surface area contributed by atoms with Crippen molar-refractivity contribution in [3.8, 4) is 0 Å². The minimum atomic E-state index is -0.172. The number of aryl methyl sites for hydroxylation is 2. The van der Waals surface area contributed by atoms with Gasteiger partial charge in [-0.3, -0.25) is 4.98 Å². The summed E-state index contributed by atoms with van der Waals surface area (Å²) in [5, 5.41) is 4.47. The molecule has 0 saturated carbocycles. The monoisotopic (exact) mass is 444 g/mol. The van der Waals surface area contributed by atoms with Gasteiger partial charge >= 0.3 is 6.03 Å². The SMILES string of the molecule is Cc1cc(C)c2cc(CN(Cc3cccnc3)C(=O)NCc3ccccc3)c(Cl)nc2c1. The summed E-state index contributed by atoms with van der Waals surface area (Å²) in [5.74, 6) is 0. The molecule has 0 aliphatic rings. The van der Waals surface area contributed by atoms with Crippen molar-refractivity contribution in [2.45, 2.75) is 33.5 Å². The van der Waals surface area contributed by atoms with Crippen molar-refractivity contribution in [1.82, 2.24) is 20.2 Å². The molecule has 32 heavy (non-hydrogen) atoms. The number of benzene rings is 2. The second kappa shape index (κ2) is 9.79. The van der Waals surface area contributed by atoms with E-state index in [2.05, 4.69) is 28.3 Å². The highest BCUT2D eigenvalue weighted by molar-refractivity contribution is 6.30. The van der Waals surface area contributed by atoms with E-state index in [9.17, 15) is 4.79 Å². The van der Waals surface area contributed by atoms with Gasteiger partial charge < -0.3 is 10.2 Å². The normalized spacial score (nSPS) is 10.8. The average molecular weight is 445 g/mol. The Morgan fingerprint density at radius 3 is 2.53 bits per heavy atom. The number of halogens is 1. The Kier molecular flexibility index (Phi) is 6.66. The van der Waals surface area contributed by atoms with Crippen LogP contribution in [0.25, 0.3) is 10.9 Å². The van der Waals surface area contributed by atoms with Crippen LogP contribution in [-0.4, -0.2) is 20.9 Å². The molecule has 2 heterocycles. The largest absolute Gasteiger partial charge is 0.334 e. The minimum Gasteiger partial charge on any atom is -0.334 e. The molecular weight excluding hydrogens is 420 g/mol. The fourth-order valence-electron chi connectivity index (χ4n) is 3.76. The molecule has 162 valence electrons. The van der Waals surface area contributed by atoms with Gasteiger partial charge in [-0.2, -0.15) is 0 Å². The van der Waals surface area contributed by atoms with Crippen molar-refractivity contribution in [2.24, 2.45) is 0 Å². The maximum Gasteiger partial charge on any atom is 0.318 e. The lowest BCUT2D eigenvalue weighted by molar-refractivity contribution is 0.191. The van der Waals surface area contributed by atoms with Crippen LogP contribution >= 0.6 is 11.6 Å². The van der Waals surface area contributed by atoms with Gasteiger partial charge in [0.05, 0.1) is 12.1 Å². The topological polar surface area (TPSA) is 58.1 Å². The molecule has 2 aromatic carbocycles. The van der Waals surface area contributed by atoms with Gasteiger partial charge in [0.25, 0.3) is 0 Å². The van der Waals surface area contributed by atoms with Crippen LogP contribution in [0.3, 0.4) is 0 Å². The number of hydrogen-bond donors (Lipinski definition) is 1. The summed E-state index contributed by atoms with van der Waals surface area (Å²) in [7, 11) is 0. The molecular formula is C26H25ClN4O. The van der Waals surface area contributed by atoms with E-state index in [1.165, 1.54) is 0 Å². The molecule has 6 heteroatoms. The predicted molar refractivity (Wildman–Crippen MR) is 128 cm³/mol. The first-order chi connectivity index (χ1) is 15.5. The van der Waals surface area contributed by atoms with Crippen LogP contribution in [0.2, 0.25) is 5.15 Å². The van der Waals surface area contributed by atoms with Crippen LogP contribution in [-0.2, 0) is 19.6 Å². The highest BCUT2D eigenvalue weighted by Gasteiger charge is 2.18. The Balaban J connectivity index is 1.61. The van der Waals surface area contributed by atoms with Crippen LogP contribution < -0.4 is 5.32 Å². The van der Waals surface area contributed by atoms with E-state index in [-0.39, 0.29) is 6.03 Å². The number of carbonyl (C=O) groups is 1. The number of aromatic nitrogens is 2. The summed E-state index contributed by atoms with van der Waals surface area (Å²) in [6, 6.07) is 19.7. The van der Waals surface area contributed by atoms with Gasteiger partial charge in [0.15, 0.2) is 0 Å². The number of amides is 2. The number of fused-ring (bicyclic) bond motifs is 1. The van der Waals surface area contributed by atoms with E-state index in [0.29, 0.717) is 24.8 Å². The van der Waals surface area contributed by atoms with E-state index in [1.54, 1.807) is 17.3 Å². The zero-order chi connectivity index (χ0) is 22.5. The Bertz CT molecular complexity index is 1230. The lowest BCUT2D eigenvalue weighted by Crippen LogP contribution is -2.38. The van der Waals surface area contributed by atoms with Crippen LogP contribution in [0.1, 0.15) is 27.8 Å². The maximum absolute atomic E-state index is 13.1. The zero-order valence-electron chi connectivity index (χ0n) is 18.2. The van der Waals surface area contributed by atoms with Gasteiger partial charge in [0.1, 0.15) is 5.15 Å². The Morgan fingerprint density at radius 1 is 1.00 bits per heavy atom. The van der Waals surface area contributed by atoms with Crippen molar-refractivity contribution in [1.29, 1.82) is 0 Å². The summed E-state index contributed by atoms with van der Waals surface area (Å²) in [5.41, 5.74) is 5.94. The molecule has 0 aliphatic heterocycles. The predicted octanol–water partition coefficient (Wildman–Crippen LogP) is 5.81. The smallest absolute Gasteiger partial charge is 0.318 e. The Morgan fingerprint density at radius 2 is 1.78 bits per heavy atom. The van der Waals surface area contributed by atoms with Crippen LogP contribution in [0.5, 0.6) is 0 Å². The lowest BCUT2D eigenvalue weighted by Gasteiger charge is -2.24. The third kappa shape index (κ3) is 5.24. The Labute approximate surface area is 193 Å². The van der Waals surface area contributed by atoms with Gasteiger partial charge in [-0.25, -0.2) is 9.78 Å². The molecule has 0 spiro atoms. The molecule has 5 nitrogen and oxygen atoms in total. The first kappa shape index (κ1) is 21.8. The molecule has 0 fully saturated rings. The number of nitrogens with one attached hydrogen (secondary N) is 1. The molecule has 0 saturated heterocycles. The number of pyridine rings is 2. The number of hydrogen-bond acceptors (Lipinski definition) is 3. The molecule has 0 unspecified atom stereocenters. The highest BCUT2D eigenvalue weighted by atomic mass is 35.5. The van der Waals surface area contributed by atoms with Gasteiger partial charge in [-0.15, -0.1) is 0 Å². The molecule has 4 rings (SSSR count). The quantitative estimate of drug-likeness (QED) is 0.381. The summed E-state index contributed by atoms with van der Waals surface area (Å²) in [4.78, 5) is 23.7. The van der Waals surface area contributed by atoms with Gasteiger partial charge in [-0.1, -0.05) is 54.1 Å². The molecule has 2 amide bonds. The van der Waals surface area contributed by atoms with Crippen LogP contribution in [0, 0.1) is 13.8 Å². The molecule has 0 atom stereocenters. The third-order valence-electron chi connectivity index (χ3n) is 5.34. The molecule has 2 aromatic heterocycles. The second-order valence-corrected chi connectivity index (χ2v) is 8.31. The fourth-order valence-corrected chi connectivity index (χ4v) is 3.97. The van der Waals surface area contributed by atoms with E-state index in [0.717, 1.165) is 38.7 Å².